The van der Waals surface area contributed by atoms with Gasteiger partial charge in [-0.05, 0) is 49.1 Å². The number of amides is 2. The van der Waals surface area contributed by atoms with E-state index in [1.807, 2.05) is 13.0 Å². The Morgan fingerprint density at radius 1 is 1.21 bits per heavy atom. The van der Waals surface area contributed by atoms with Gasteiger partial charge in [0.2, 0.25) is 5.91 Å². The van der Waals surface area contributed by atoms with Crippen LogP contribution in [0.15, 0.2) is 34.7 Å². The Morgan fingerprint density at radius 2 is 1.83 bits per heavy atom. The summed E-state index contributed by atoms with van der Waals surface area (Å²) in [5, 5.41) is 3.09. The summed E-state index contributed by atoms with van der Waals surface area (Å²) in [5.74, 6) is 1.15. The van der Waals surface area contributed by atoms with Crippen LogP contribution < -0.4 is 11.1 Å². The molecule has 3 rings (SSSR count). The van der Waals surface area contributed by atoms with Gasteiger partial charge in [0.05, 0.1) is 6.04 Å². The monoisotopic (exact) mass is 326 g/mol. The van der Waals surface area contributed by atoms with Crippen LogP contribution in [0.4, 0.5) is 0 Å². The largest absolute Gasteiger partial charge is 0.466 e. The summed E-state index contributed by atoms with van der Waals surface area (Å²) >= 11 is 0. The van der Waals surface area contributed by atoms with E-state index in [1.165, 1.54) is 0 Å². The van der Waals surface area contributed by atoms with Gasteiger partial charge in [0.15, 0.2) is 0 Å². The van der Waals surface area contributed by atoms with Crippen molar-refractivity contribution in [3.63, 3.8) is 0 Å². The maximum Gasteiger partial charge on any atom is 0.251 e. The zero-order valence-electron chi connectivity index (χ0n) is 14.2. The van der Waals surface area contributed by atoms with Gasteiger partial charge in [-0.15, -0.1) is 0 Å². The molecular weight excluding hydrogens is 304 g/mol. The Bertz CT molecular complexity index is 787. The number of rotatable bonds is 3. The summed E-state index contributed by atoms with van der Waals surface area (Å²) in [6, 6.07) is 8.29. The van der Waals surface area contributed by atoms with Crippen molar-refractivity contribution in [2.75, 3.05) is 0 Å². The van der Waals surface area contributed by atoms with E-state index in [4.69, 9.17) is 10.2 Å². The van der Waals surface area contributed by atoms with Crippen molar-refractivity contribution in [3.05, 3.63) is 58.5 Å². The van der Waals surface area contributed by atoms with Crippen LogP contribution >= 0.6 is 0 Å². The summed E-state index contributed by atoms with van der Waals surface area (Å²) in [6.45, 7) is 6.27. The van der Waals surface area contributed by atoms with Crippen LogP contribution in [0.3, 0.4) is 0 Å². The highest BCUT2D eigenvalue weighted by Gasteiger charge is 2.35. The highest BCUT2D eigenvalue weighted by atomic mass is 16.3. The van der Waals surface area contributed by atoms with E-state index in [9.17, 15) is 9.59 Å². The summed E-state index contributed by atoms with van der Waals surface area (Å²) in [5.41, 5.74) is 7.24. The summed E-state index contributed by atoms with van der Waals surface area (Å²) in [4.78, 5) is 23.7. The molecule has 5 heteroatoms. The van der Waals surface area contributed by atoms with Crippen LogP contribution in [0.5, 0.6) is 0 Å². The molecule has 0 fully saturated rings. The van der Waals surface area contributed by atoms with Gasteiger partial charge < -0.3 is 15.5 Å². The predicted octanol–water partition coefficient (Wildman–Crippen LogP) is 3.13. The molecule has 0 bridgehead atoms. The Labute approximate surface area is 141 Å². The number of benzene rings is 1. The summed E-state index contributed by atoms with van der Waals surface area (Å²) in [7, 11) is 0. The number of hydrogen-bond donors (Lipinski definition) is 2. The highest BCUT2D eigenvalue weighted by Crippen LogP contribution is 2.42. The van der Waals surface area contributed by atoms with Crippen LogP contribution in [0.25, 0.3) is 0 Å². The molecule has 126 valence electrons. The van der Waals surface area contributed by atoms with Gasteiger partial charge in [-0.3, -0.25) is 9.59 Å². The van der Waals surface area contributed by atoms with E-state index in [2.05, 4.69) is 19.2 Å². The molecule has 5 nitrogen and oxygen atoms in total. The Hall–Kier alpha value is -2.56. The molecule has 1 aromatic carbocycles. The number of aryl methyl sites for hydroxylation is 1. The number of carbonyl (C=O) groups is 2. The fourth-order valence-electron chi connectivity index (χ4n) is 3.34. The first-order chi connectivity index (χ1) is 11.2. The maximum atomic E-state index is 12.6. The van der Waals surface area contributed by atoms with Crippen molar-refractivity contribution in [1.29, 1.82) is 0 Å². The molecule has 0 saturated carbocycles. The van der Waals surface area contributed by atoms with Gasteiger partial charge in [0.25, 0.3) is 5.91 Å². The standard InChI is InChI=1S/C19H22N2O3/c1-11-8-14-15(9-19(2,3)10-16(14)24-11)21-18(23)13-6-4-12(5-7-13)17(20)22/h4-8,15H,9-10H2,1-3H3,(H2,20,22)(H,21,23)/t15-/m1/s1. The lowest BCUT2D eigenvalue weighted by atomic mass is 9.74. The summed E-state index contributed by atoms with van der Waals surface area (Å²) in [6.07, 6.45) is 1.72. The molecule has 1 aliphatic carbocycles. The number of hydrogen-bond acceptors (Lipinski definition) is 3. The molecule has 0 spiro atoms. The lowest BCUT2D eigenvalue weighted by molar-refractivity contribution is 0.0915. The van der Waals surface area contributed by atoms with E-state index < -0.39 is 5.91 Å². The third-order valence-electron chi connectivity index (χ3n) is 4.47. The van der Waals surface area contributed by atoms with E-state index >= 15 is 0 Å². The summed E-state index contributed by atoms with van der Waals surface area (Å²) < 4.78 is 5.80. The van der Waals surface area contributed by atoms with Crippen molar-refractivity contribution in [1.82, 2.24) is 5.32 Å². The van der Waals surface area contributed by atoms with Crippen LogP contribution in [0.2, 0.25) is 0 Å². The Kier molecular flexibility index (Phi) is 3.95. The third kappa shape index (κ3) is 3.20. The minimum absolute atomic E-state index is 0.0606. The molecule has 0 unspecified atom stereocenters. The molecule has 1 heterocycles. The average Bonchev–Trinajstić information content (AvgIpc) is 2.86. The normalized spacial score (nSPS) is 18.7. The maximum absolute atomic E-state index is 12.6. The minimum atomic E-state index is -0.505. The van der Waals surface area contributed by atoms with E-state index in [-0.39, 0.29) is 17.4 Å². The van der Waals surface area contributed by atoms with E-state index in [0.29, 0.717) is 11.1 Å². The van der Waals surface area contributed by atoms with Crippen molar-refractivity contribution in [2.45, 2.75) is 39.7 Å². The first kappa shape index (κ1) is 16.3. The number of furan rings is 1. The van der Waals surface area contributed by atoms with Gasteiger partial charge in [-0.2, -0.15) is 0 Å². The smallest absolute Gasteiger partial charge is 0.251 e. The molecule has 1 atom stereocenters. The molecule has 3 N–H and O–H groups in total. The van der Waals surface area contributed by atoms with Gasteiger partial charge in [-0.1, -0.05) is 13.8 Å². The highest BCUT2D eigenvalue weighted by molar-refractivity contribution is 5.97. The van der Waals surface area contributed by atoms with Crippen molar-refractivity contribution < 1.29 is 14.0 Å². The Morgan fingerprint density at radius 3 is 2.46 bits per heavy atom. The minimum Gasteiger partial charge on any atom is -0.466 e. The first-order valence-electron chi connectivity index (χ1n) is 8.05. The molecule has 0 aliphatic heterocycles. The number of nitrogens with two attached hydrogens (primary N) is 1. The quantitative estimate of drug-likeness (QED) is 0.908. The zero-order chi connectivity index (χ0) is 17.5. The van der Waals surface area contributed by atoms with Crippen molar-refractivity contribution >= 4 is 11.8 Å². The van der Waals surface area contributed by atoms with Gasteiger partial charge in [0.1, 0.15) is 11.5 Å². The van der Waals surface area contributed by atoms with E-state index in [0.717, 1.165) is 29.9 Å². The number of primary amides is 1. The van der Waals surface area contributed by atoms with Crippen molar-refractivity contribution in [3.8, 4) is 0 Å². The lowest BCUT2D eigenvalue weighted by Gasteiger charge is -2.34. The van der Waals surface area contributed by atoms with Crippen LogP contribution in [0.1, 0.15) is 64.1 Å². The second-order valence-electron chi connectivity index (χ2n) is 7.25. The predicted molar refractivity (Wildman–Crippen MR) is 90.7 cm³/mol. The molecule has 2 aromatic rings. The molecule has 0 radical (unpaired) electrons. The first-order valence-corrected chi connectivity index (χ1v) is 8.05. The molecule has 0 saturated heterocycles. The number of fused-ring (bicyclic) bond motifs is 1. The molecule has 1 aliphatic rings. The second-order valence-corrected chi connectivity index (χ2v) is 7.25. The van der Waals surface area contributed by atoms with Crippen molar-refractivity contribution in [2.24, 2.45) is 11.1 Å². The second kappa shape index (κ2) is 5.82. The van der Waals surface area contributed by atoms with Crippen LogP contribution in [-0.4, -0.2) is 11.8 Å². The lowest BCUT2D eigenvalue weighted by Crippen LogP contribution is -2.36. The zero-order valence-corrected chi connectivity index (χ0v) is 14.2. The third-order valence-corrected chi connectivity index (χ3v) is 4.47. The van der Waals surface area contributed by atoms with Gasteiger partial charge >= 0.3 is 0 Å². The molecule has 2 amide bonds. The average molecular weight is 326 g/mol. The number of nitrogens with one attached hydrogen (secondary N) is 1. The van der Waals surface area contributed by atoms with Crippen LogP contribution in [-0.2, 0) is 6.42 Å². The molecular formula is C19H22N2O3. The van der Waals surface area contributed by atoms with Gasteiger partial charge in [-0.25, -0.2) is 0 Å². The fourth-order valence-corrected chi connectivity index (χ4v) is 3.34. The topological polar surface area (TPSA) is 85.3 Å². The SMILES string of the molecule is Cc1cc2c(o1)CC(C)(C)C[C@H]2NC(=O)c1ccc(C(N)=O)cc1. The van der Waals surface area contributed by atoms with Gasteiger partial charge in [0, 0.05) is 23.1 Å². The van der Waals surface area contributed by atoms with E-state index in [1.54, 1.807) is 24.3 Å². The molecule has 1 aromatic heterocycles. The Balaban J connectivity index is 1.82. The number of carbonyl (C=O) groups excluding carboxylic acids is 2. The fraction of sp³-hybridized carbons (Fsp3) is 0.368. The van der Waals surface area contributed by atoms with Crippen LogP contribution in [0, 0.1) is 12.3 Å². The molecule has 24 heavy (non-hydrogen) atoms.